The van der Waals surface area contributed by atoms with Crippen molar-refractivity contribution in [3.05, 3.63) is 70.4 Å². The van der Waals surface area contributed by atoms with Gasteiger partial charge in [0, 0.05) is 42.4 Å². The lowest BCUT2D eigenvalue weighted by Crippen LogP contribution is -2.37. The molecule has 3 rings (SSSR count). The summed E-state index contributed by atoms with van der Waals surface area (Å²) in [6, 6.07) is 14.9. The van der Waals surface area contributed by atoms with Crippen molar-refractivity contribution in [2.75, 3.05) is 26.7 Å². The Morgan fingerprint density at radius 3 is 2.57 bits per heavy atom. The average molecular weight is 423 g/mol. The summed E-state index contributed by atoms with van der Waals surface area (Å²) in [6.45, 7) is 1.58. The molecule has 0 spiro atoms. The third-order valence-electron chi connectivity index (χ3n) is 4.45. The molecule has 0 aliphatic rings. The van der Waals surface area contributed by atoms with Gasteiger partial charge in [0.2, 0.25) is 0 Å². The van der Waals surface area contributed by atoms with Crippen molar-refractivity contribution in [2.45, 2.75) is 13.0 Å². The summed E-state index contributed by atoms with van der Waals surface area (Å²) in [4.78, 5) is 15.5. The smallest absolute Gasteiger partial charge is 0.264 e. The largest absolute Gasteiger partial charge is 0.380 e. The molecule has 1 aromatic heterocycles. The summed E-state index contributed by atoms with van der Waals surface area (Å²) < 4.78 is 20.4. The SMILES string of the molecule is COCc1c(C(=O)N(CCN)CCc2ccccc2)sc2cccc(F)c12.Cl. The topological polar surface area (TPSA) is 55.6 Å². The highest BCUT2D eigenvalue weighted by molar-refractivity contribution is 7.21. The summed E-state index contributed by atoms with van der Waals surface area (Å²) in [5.41, 5.74) is 7.51. The molecule has 1 heterocycles. The molecule has 0 fully saturated rings. The molecule has 0 bridgehead atoms. The second-order valence-corrected chi connectivity index (χ2v) is 7.32. The Labute approximate surface area is 174 Å². The van der Waals surface area contributed by atoms with E-state index in [0.29, 0.717) is 35.5 Å². The van der Waals surface area contributed by atoms with E-state index in [2.05, 4.69) is 0 Å². The quantitative estimate of drug-likeness (QED) is 0.590. The van der Waals surface area contributed by atoms with Crippen LogP contribution in [-0.4, -0.2) is 37.6 Å². The van der Waals surface area contributed by atoms with Gasteiger partial charge in [0.25, 0.3) is 5.91 Å². The molecule has 28 heavy (non-hydrogen) atoms. The van der Waals surface area contributed by atoms with Crippen LogP contribution in [0.3, 0.4) is 0 Å². The van der Waals surface area contributed by atoms with Crippen molar-refractivity contribution >= 4 is 39.7 Å². The number of thiophene rings is 1. The number of halogens is 2. The van der Waals surface area contributed by atoms with Crippen molar-refractivity contribution in [1.82, 2.24) is 4.90 Å². The van der Waals surface area contributed by atoms with Crippen LogP contribution in [0.15, 0.2) is 48.5 Å². The molecule has 0 radical (unpaired) electrons. The molecule has 0 unspecified atom stereocenters. The molecule has 150 valence electrons. The maximum absolute atomic E-state index is 14.4. The molecule has 4 nitrogen and oxygen atoms in total. The van der Waals surface area contributed by atoms with Crippen LogP contribution in [0.5, 0.6) is 0 Å². The zero-order valence-corrected chi connectivity index (χ0v) is 17.3. The molecular weight excluding hydrogens is 399 g/mol. The first-order valence-electron chi connectivity index (χ1n) is 8.87. The van der Waals surface area contributed by atoms with Gasteiger partial charge in [-0.05, 0) is 24.1 Å². The van der Waals surface area contributed by atoms with E-state index in [0.717, 1.165) is 16.7 Å². The molecule has 0 saturated carbocycles. The molecular formula is C21H24ClFN2O2S. The number of methoxy groups -OCH3 is 1. The Bertz CT molecular complexity index is 917. The molecule has 0 saturated heterocycles. The first-order valence-corrected chi connectivity index (χ1v) is 9.69. The molecule has 2 N–H and O–H groups in total. The van der Waals surface area contributed by atoms with E-state index in [1.54, 1.807) is 18.1 Å². The highest BCUT2D eigenvalue weighted by atomic mass is 35.5. The maximum Gasteiger partial charge on any atom is 0.264 e. The van der Waals surface area contributed by atoms with Crippen molar-refractivity contribution in [3.8, 4) is 0 Å². The summed E-state index contributed by atoms with van der Waals surface area (Å²) in [7, 11) is 1.55. The lowest BCUT2D eigenvalue weighted by Gasteiger charge is -2.22. The summed E-state index contributed by atoms with van der Waals surface area (Å²) in [6.07, 6.45) is 0.742. The lowest BCUT2D eigenvalue weighted by atomic mass is 10.1. The van der Waals surface area contributed by atoms with E-state index in [4.69, 9.17) is 10.5 Å². The molecule has 3 aromatic rings. The number of carbonyl (C=O) groups excluding carboxylic acids is 1. The Morgan fingerprint density at radius 1 is 1.14 bits per heavy atom. The number of nitrogens with two attached hydrogens (primary N) is 1. The van der Waals surface area contributed by atoms with Crippen LogP contribution < -0.4 is 5.73 Å². The minimum absolute atomic E-state index is 0. The number of hydrogen-bond donors (Lipinski definition) is 1. The van der Waals surface area contributed by atoms with Crippen molar-refractivity contribution in [1.29, 1.82) is 0 Å². The molecule has 2 aromatic carbocycles. The second kappa shape index (κ2) is 10.5. The van der Waals surface area contributed by atoms with E-state index in [1.807, 2.05) is 36.4 Å². The fraction of sp³-hybridized carbons (Fsp3) is 0.286. The average Bonchev–Trinajstić information content (AvgIpc) is 3.05. The van der Waals surface area contributed by atoms with E-state index in [-0.39, 0.29) is 30.7 Å². The third-order valence-corrected chi connectivity index (χ3v) is 5.63. The second-order valence-electron chi connectivity index (χ2n) is 6.27. The van der Waals surface area contributed by atoms with E-state index in [9.17, 15) is 9.18 Å². The lowest BCUT2D eigenvalue weighted by molar-refractivity contribution is 0.0762. The highest BCUT2D eigenvalue weighted by Gasteiger charge is 2.24. The van der Waals surface area contributed by atoms with Crippen LogP contribution in [0.4, 0.5) is 4.39 Å². The van der Waals surface area contributed by atoms with Gasteiger partial charge in [-0.3, -0.25) is 4.79 Å². The van der Waals surface area contributed by atoms with Gasteiger partial charge in [0.15, 0.2) is 0 Å². The summed E-state index contributed by atoms with van der Waals surface area (Å²) in [5, 5.41) is 0.475. The van der Waals surface area contributed by atoms with E-state index in [1.165, 1.54) is 17.4 Å². The monoisotopic (exact) mass is 422 g/mol. The van der Waals surface area contributed by atoms with Gasteiger partial charge in [-0.25, -0.2) is 4.39 Å². The van der Waals surface area contributed by atoms with Gasteiger partial charge in [0.05, 0.1) is 11.5 Å². The van der Waals surface area contributed by atoms with Crippen LogP contribution in [0.25, 0.3) is 10.1 Å². The van der Waals surface area contributed by atoms with Crippen molar-refractivity contribution < 1.29 is 13.9 Å². The molecule has 1 amide bonds. The number of hydrogen-bond acceptors (Lipinski definition) is 4. The zero-order valence-electron chi connectivity index (χ0n) is 15.7. The number of ether oxygens (including phenoxy) is 1. The van der Waals surface area contributed by atoms with Crippen molar-refractivity contribution in [3.63, 3.8) is 0 Å². The number of rotatable bonds is 8. The van der Waals surface area contributed by atoms with Crippen LogP contribution >= 0.6 is 23.7 Å². The number of carbonyl (C=O) groups is 1. The third kappa shape index (κ3) is 4.89. The Balaban J connectivity index is 0.00000280. The minimum Gasteiger partial charge on any atom is -0.380 e. The zero-order chi connectivity index (χ0) is 19.2. The first kappa shape index (κ1) is 22.3. The number of fused-ring (bicyclic) bond motifs is 1. The normalized spacial score (nSPS) is 10.7. The van der Waals surface area contributed by atoms with Crippen LogP contribution in [0.2, 0.25) is 0 Å². The predicted octanol–water partition coefficient (Wildman–Crippen LogP) is 4.25. The first-order chi connectivity index (χ1) is 13.2. The van der Waals surface area contributed by atoms with Gasteiger partial charge >= 0.3 is 0 Å². The number of amides is 1. The fourth-order valence-electron chi connectivity index (χ4n) is 3.15. The Hall–Kier alpha value is -1.99. The van der Waals surface area contributed by atoms with E-state index < -0.39 is 0 Å². The Kier molecular flexibility index (Phi) is 8.38. The highest BCUT2D eigenvalue weighted by Crippen LogP contribution is 2.34. The fourth-order valence-corrected chi connectivity index (χ4v) is 4.34. The Morgan fingerprint density at radius 2 is 1.89 bits per heavy atom. The molecule has 0 aliphatic heterocycles. The van der Waals surface area contributed by atoms with Gasteiger partial charge in [0.1, 0.15) is 5.82 Å². The molecule has 7 heteroatoms. The van der Waals surface area contributed by atoms with Crippen LogP contribution in [-0.2, 0) is 17.8 Å². The van der Waals surface area contributed by atoms with Crippen LogP contribution in [0, 0.1) is 5.82 Å². The molecule has 0 aliphatic carbocycles. The standard InChI is InChI=1S/C21H23FN2O2S.ClH/c1-26-14-16-19-17(22)8-5-9-18(19)27-20(16)21(25)24(13-11-23)12-10-15-6-3-2-4-7-15;/h2-9H,10-14,23H2,1H3;1H. The van der Waals surface area contributed by atoms with Gasteiger partial charge in [-0.2, -0.15) is 0 Å². The van der Waals surface area contributed by atoms with E-state index >= 15 is 0 Å². The number of nitrogens with zero attached hydrogens (tertiary/aromatic N) is 1. The van der Waals surface area contributed by atoms with Crippen LogP contribution in [0.1, 0.15) is 20.8 Å². The van der Waals surface area contributed by atoms with Gasteiger partial charge < -0.3 is 15.4 Å². The summed E-state index contributed by atoms with van der Waals surface area (Å²) >= 11 is 1.31. The summed E-state index contributed by atoms with van der Waals surface area (Å²) in [5.74, 6) is -0.450. The van der Waals surface area contributed by atoms with Gasteiger partial charge in [-0.15, -0.1) is 23.7 Å². The minimum atomic E-state index is -0.329. The van der Waals surface area contributed by atoms with Gasteiger partial charge in [-0.1, -0.05) is 36.4 Å². The number of benzene rings is 2. The molecule has 0 atom stereocenters. The predicted molar refractivity (Wildman–Crippen MR) is 115 cm³/mol. The maximum atomic E-state index is 14.4. The van der Waals surface area contributed by atoms with Crippen molar-refractivity contribution in [2.24, 2.45) is 5.73 Å².